The van der Waals surface area contributed by atoms with Gasteiger partial charge in [-0.2, -0.15) is 5.10 Å². The van der Waals surface area contributed by atoms with Crippen LogP contribution in [0.1, 0.15) is 42.4 Å². The molecule has 3 rings (SSSR count). The minimum atomic E-state index is -0.272. The first kappa shape index (κ1) is 17.6. The quantitative estimate of drug-likeness (QED) is 0.928. The van der Waals surface area contributed by atoms with Crippen molar-refractivity contribution in [2.45, 2.75) is 39.3 Å². The summed E-state index contributed by atoms with van der Waals surface area (Å²) >= 11 is 0. The van der Waals surface area contributed by atoms with Crippen molar-refractivity contribution in [3.8, 4) is 0 Å². The minimum Gasteiger partial charge on any atom is -0.333 e. The zero-order valence-corrected chi connectivity index (χ0v) is 15.0. The summed E-state index contributed by atoms with van der Waals surface area (Å²) in [6.45, 7) is 7.99. The van der Waals surface area contributed by atoms with E-state index in [1.165, 1.54) is 12.1 Å². The van der Waals surface area contributed by atoms with Gasteiger partial charge in [0.1, 0.15) is 5.82 Å². The predicted octanol–water partition coefficient (Wildman–Crippen LogP) is 2.76. The molecule has 134 valence electrons. The van der Waals surface area contributed by atoms with Crippen molar-refractivity contribution in [1.82, 2.24) is 20.0 Å². The number of carbonyl (C=O) groups excluding carboxylic acids is 1. The van der Waals surface area contributed by atoms with E-state index in [1.807, 2.05) is 42.5 Å². The van der Waals surface area contributed by atoms with Crippen LogP contribution in [-0.4, -0.2) is 40.2 Å². The van der Waals surface area contributed by atoms with Crippen molar-refractivity contribution in [3.63, 3.8) is 0 Å². The molecule has 1 aliphatic heterocycles. The highest BCUT2D eigenvalue weighted by Crippen LogP contribution is 2.25. The first-order valence-electron chi connectivity index (χ1n) is 8.74. The van der Waals surface area contributed by atoms with Crippen LogP contribution in [0.5, 0.6) is 0 Å². The summed E-state index contributed by atoms with van der Waals surface area (Å²) in [7, 11) is 0. The number of nitrogens with zero attached hydrogens (tertiary/aromatic N) is 3. The number of benzene rings is 1. The number of hydrogen-bond acceptors (Lipinski definition) is 3. The number of piperazine rings is 1. The van der Waals surface area contributed by atoms with E-state index in [1.54, 1.807) is 6.07 Å². The van der Waals surface area contributed by atoms with Gasteiger partial charge in [-0.1, -0.05) is 12.1 Å². The molecule has 0 radical (unpaired) electrons. The Morgan fingerprint density at radius 3 is 2.88 bits per heavy atom. The van der Waals surface area contributed by atoms with E-state index in [0.29, 0.717) is 19.5 Å². The lowest BCUT2D eigenvalue weighted by Gasteiger charge is -2.37. The van der Waals surface area contributed by atoms with Crippen molar-refractivity contribution < 1.29 is 9.18 Å². The molecule has 0 spiro atoms. The van der Waals surface area contributed by atoms with Crippen LogP contribution in [-0.2, 0) is 4.79 Å². The minimum absolute atomic E-state index is 0.00996. The molecule has 2 unspecified atom stereocenters. The van der Waals surface area contributed by atoms with Crippen LogP contribution in [0, 0.1) is 19.7 Å². The van der Waals surface area contributed by atoms with E-state index < -0.39 is 0 Å². The third-order valence-electron chi connectivity index (χ3n) is 4.73. The van der Waals surface area contributed by atoms with Gasteiger partial charge in [-0.25, -0.2) is 4.39 Å². The van der Waals surface area contributed by atoms with Crippen LogP contribution >= 0.6 is 0 Å². The van der Waals surface area contributed by atoms with Gasteiger partial charge in [0.2, 0.25) is 5.91 Å². The monoisotopic (exact) mass is 344 g/mol. The molecule has 0 saturated carbocycles. The molecule has 2 heterocycles. The van der Waals surface area contributed by atoms with Gasteiger partial charge < -0.3 is 10.2 Å². The molecule has 1 aliphatic rings. The molecule has 1 amide bonds. The average Bonchev–Trinajstić information content (AvgIpc) is 2.93. The molecule has 1 N–H and O–H groups in total. The lowest BCUT2D eigenvalue weighted by molar-refractivity contribution is -0.135. The van der Waals surface area contributed by atoms with Crippen LogP contribution in [0.2, 0.25) is 0 Å². The SMILES string of the molecule is Cc1cc(C)n(C(C)CC(=O)N2CCNCC2c2cccc(F)c2)n1. The number of hydrogen-bond donors (Lipinski definition) is 1. The molecule has 0 bridgehead atoms. The van der Waals surface area contributed by atoms with Crippen LogP contribution in [0.25, 0.3) is 0 Å². The fraction of sp³-hybridized carbons (Fsp3) is 0.474. The highest BCUT2D eigenvalue weighted by Gasteiger charge is 2.29. The van der Waals surface area contributed by atoms with E-state index in [0.717, 1.165) is 23.5 Å². The molecule has 1 fully saturated rings. The predicted molar refractivity (Wildman–Crippen MR) is 94.8 cm³/mol. The van der Waals surface area contributed by atoms with E-state index in [-0.39, 0.29) is 23.8 Å². The molecule has 2 aromatic rings. The summed E-state index contributed by atoms with van der Waals surface area (Å²) in [6, 6.07) is 8.39. The number of aryl methyl sites for hydroxylation is 2. The molecule has 1 saturated heterocycles. The Bertz CT molecular complexity index is 758. The molecule has 0 aliphatic carbocycles. The fourth-order valence-corrected chi connectivity index (χ4v) is 3.56. The van der Waals surface area contributed by atoms with Crippen molar-refractivity contribution in [1.29, 1.82) is 0 Å². The second kappa shape index (κ2) is 7.35. The fourth-order valence-electron chi connectivity index (χ4n) is 3.56. The summed E-state index contributed by atoms with van der Waals surface area (Å²) in [4.78, 5) is 14.8. The first-order chi connectivity index (χ1) is 12.0. The molecular weight excluding hydrogens is 319 g/mol. The number of halogens is 1. The number of aromatic nitrogens is 2. The number of carbonyl (C=O) groups is 1. The maximum Gasteiger partial charge on any atom is 0.225 e. The number of nitrogens with one attached hydrogen (secondary N) is 1. The summed E-state index contributed by atoms with van der Waals surface area (Å²) < 4.78 is 15.5. The Labute approximate surface area is 147 Å². The van der Waals surface area contributed by atoms with Gasteiger partial charge in [-0.3, -0.25) is 9.48 Å². The lowest BCUT2D eigenvalue weighted by Crippen LogP contribution is -2.49. The van der Waals surface area contributed by atoms with Gasteiger partial charge in [0.25, 0.3) is 0 Å². The molecule has 1 aromatic heterocycles. The van der Waals surface area contributed by atoms with Gasteiger partial charge in [-0.15, -0.1) is 0 Å². The first-order valence-corrected chi connectivity index (χ1v) is 8.74. The second-order valence-corrected chi connectivity index (χ2v) is 6.79. The third kappa shape index (κ3) is 3.90. The zero-order valence-electron chi connectivity index (χ0n) is 15.0. The van der Waals surface area contributed by atoms with Gasteiger partial charge in [0.05, 0.1) is 17.8 Å². The standard InChI is InChI=1S/C19H25FN4O/c1-13-9-14(2)24(22-13)15(3)10-19(25)23-8-7-21-12-18(23)16-5-4-6-17(20)11-16/h4-6,9,11,15,18,21H,7-8,10,12H2,1-3H3. The van der Waals surface area contributed by atoms with Crippen LogP contribution in [0.15, 0.2) is 30.3 Å². The molecule has 1 aromatic carbocycles. The normalized spacial score (nSPS) is 19.0. The highest BCUT2D eigenvalue weighted by molar-refractivity contribution is 5.77. The van der Waals surface area contributed by atoms with Crippen LogP contribution in [0.3, 0.4) is 0 Å². The van der Waals surface area contributed by atoms with Crippen LogP contribution in [0.4, 0.5) is 4.39 Å². The van der Waals surface area contributed by atoms with Crippen molar-refractivity contribution in [3.05, 3.63) is 53.1 Å². The van der Waals surface area contributed by atoms with Crippen molar-refractivity contribution in [2.24, 2.45) is 0 Å². The molecule has 5 nitrogen and oxygen atoms in total. The number of amides is 1. The summed E-state index contributed by atoms with van der Waals surface area (Å²) in [5.41, 5.74) is 2.84. The topological polar surface area (TPSA) is 50.2 Å². The Kier molecular flexibility index (Phi) is 5.18. The smallest absolute Gasteiger partial charge is 0.225 e. The van der Waals surface area contributed by atoms with E-state index in [9.17, 15) is 9.18 Å². The molecule has 25 heavy (non-hydrogen) atoms. The van der Waals surface area contributed by atoms with Gasteiger partial charge in [0, 0.05) is 31.7 Å². The lowest BCUT2D eigenvalue weighted by atomic mass is 10.0. The van der Waals surface area contributed by atoms with Gasteiger partial charge >= 0.3 is 0 Å². The summed E-state index contributed by atoms with van der Waals surface area (Å²) in [5.74, 6) is -0.192. The Morgan fingerprint density at radius 2 is 2.20 bits per heavy atom. The van der Waals surface area contributed by atoms with E-state index in [4.69, 9.17) is 0 Å². The highest BCUT2D eigenvalue weighted by atomic mass is 19.1. The largest absolute Gasteiger partial charge is 0.333 e. The van der Waals surface area contributed by atoms with E-state index >= 15 is 0 Å². The average molecular weight is 344 g/mol. The third-order valence-corrected chi connectivity index (χ3v) is 4.73. The zero-order chi connectivity index (χ0) is 18.0. The van der Waals surface area contributed by atoms with Gasteiger partial charge in [0.15, 0.2) is 0 Å². The van der Waals surface area contributed by atoms with Crippen LogP contribution < -0.4 is 5.32 Å². The van der Waals surface area contributed by atoms with E-state index in [2.05, 4.69) is 10.4 Å². The molecular formula is C19H25FN4O. The Hall–Kier alpha value is -2.21. The Balaban J connectivity index is 1.76. The summed E-state index contributed by atoms with van der Waals surface area (Å²) in [6.07, 6.45) is 0.383. The Morgan fingerprint density at radius 1 is 1.40 bits per heavy atom. The van der Waals surface area contributed by atoms with Crippen molar-refractivity contribution in [2.75, 3.05) is 19.6 Å². The maximum absolute atomic E-state index is 13.6. The second-order valence-electron chi connectivity index (χ2n) is 6.79. The van der Waals surface area contributed by atoms with Crippen molar-refractivity contribution >= 4 is 5.91 Å². The van der Waals surface area contributed by atoms with Gasteiger partial charge in [-0.05, 0) is 44.5 Å². The number of rotatable bonds is 4. The maximum atomic E-state index is 13.6. The molecule has 6 heteroatoms. The molecule has 2 atom stereocenters. The summed E-state index contributed by atoms with van der Waals surface area (Å²) in [5, 5.41) is 7.78.